The average Bonchev–Trinajstić information content (AvgIpc) is 2.10. The fraction of sp³-hybridized carbons (Fsp3) is 1.00. The highest BCUT2D eigenvalue weighted by atomic mass is 15.2. The number of hydrogen-bond donors (Lipinski definition) is 2. The molecule has 0 radical (unpaired) electrons. The third-order valence-corrected chi connectivity index (χ3v) is 2.84. The average molecular weight is 171 g/mol. The van der Waals surface area contributed by atoms with Crippen LogP contribution < -0.4 is 10.6 Å². The zero-order valence-electron chi connectivity index (χ0n) is 8.43. The lowest BCUT2D eigenvalue weighted by atomic mass is 10.0. The molecule has 0 saturated carbocycles. The summed E-state index contributed by atoms with van der Waals surface area (Å²) in [7, 11) is 4.27. The molecule has 0 aliphatic carbocycles. The van der Waals surface area contributed by atoms with Crippen molar-refractivity contribution in [3.63, 3.8) is 0 Å². The van der Waals surface area contributed by atoms with Crippen molar-refractivity contribution in [1.29, 1.82) is 0 Å². The lowest BCUT2D eigenvalue weighted by molar-refractivity contribution is 0.159. The van der Waals surface area contributed by atoms with Crippen LogP contribution in [-0.4, -0.2) is 50.7 Å². The minimum atomic E-state index is 0.628. The first-order valence-electron chi connectivity index (χ1n) is 4.87. The second kappa shape index (κ2) is 4.80. The zero-order chi connectivity index (χ0) is 8.97. The Morgan fingerprint density at radius 2 is 2.42 bits per heavy atom. The molecule has 0 aromatic heterocycles. The Labute approximate surface area is 75.5 Å². The van der Waals surface area contributed by atoms with Gasteiger partial charge < -0.3 is 10.6 Å². The lowest BCUT2D eigenvalue weighted by Crippen LogP contribution is -2.57. The van der Waals surface area contributed by atoms with E-state index in [9.17, 15) is 0 Å². The summed E-state index contributed by atoms with van der Waals surface area (Å²) in [4.78, 5) is 2.45. The van der Waals surface area contributed by atoms with Gasteiger partial charge in [0.25, 0.3) is 0 Å². The second-order valence-corrected chi connectivity index (χ2v) is 3.56. The number of hydrogen-bond acceptors (Lipinski definition) is 3. The van der Waals surface area contributed by atoms with Crippen LogP contribution in [0.1, 0.15) is 13.3 Å². The number of likely N-dealkylation sites (N-methyl/N-ethyl adjacent to an activating group) is 2. The van der Waals surface area contributed by atoms with E-state index in [0.29, 0.717) is 12.1 Å². The molecule has 1 saturated heterocycles. The monoisotopic (exact) mass is 171 g/mol. The van der Waals surface area contributed by atoms with Gasteiger partial charge in [0.1, 0.15) is 0 Å². The molecule has 0 bridgehead atoms. The summed E-state index contributed by atoms with van der Waals surface area (Å²) < 4.78 is 0. The van der Waals surface area contributed by atoms with E-state index in [1.165, 1.54) is 13.0 Å². The lowest BCUT2D eigenvalue weighted by Gasteiger charge is -2.38. The van der Waals surface area contributed by atoms with Crippen LogP contribution in [0.15, 0.2) is 0 Å². The Kier molecular flexibility index (Phi) is 3.98. The van der Waals surface area contributed by atoms with E-state index in [1.807, 2.05) is 0 Å². The van der Waals surface area contributed by atoms with E-state index >= 15 is 0 Å². The minimum Gasteiger partial charge on any atom is -0.315 e. The van der Waals surface area contributed by atoms with E-state index in [4.69, 9.17) is 0 Å². The predicted octanol–water partition coefficient (Wildman–Crippen LogP) is -0.112. The molecule has 1 aliphatic heterocycles. The van der Waals surface area contributed by atoms with Crippen molar-refractivity contribution in [2.24, 2.45) is 0 Å². The molecule has 2 N–H and O–H groups in total. The van der Waals surface area contributed by atoms with Crippen LogP contribution in [0.5, 0.6) is 0 Å². The molecular formula is C9H21N3. The third kappa shape index (κ3) is 2.19. The molecule has 3 nitrogen and oxygen atoms in total. The van der Waals surface area contributed by atoms with Crippen molar-refractivity contribution in [3.8, 4) is 0 Å². The molecule has 1 rings (SSSR count). The van der Waals surface area contributed by atoms with E-state index < -0.39 is 0 Å². The molecule has 2 unspecified atom stereocenters. The minimum absolute atomic E-state index is 0.628. The highest BCUT2D eigenvalue weighted by Crippen LogP contribution is 2.07. The maximum atomic E-state index is 3.43. The second-order valence-electron chi connectivity index (χ2n) is 3.56. The van der Waals surface area contributed by atoms with Gasteiger partial charge in [-0.2, -0.15) is 0 Å². The van der Waals surface area contributed by atoms with Crippen LogP contribution in [0.4, 0.5) is 0 Å². The molecule has 0 aromatic carbocycles. The molecule has 3 heteroatoms. The van der Waals surface area contributed by atoms with Gasteiger partial charge in [-0.15, -0.1) is 0 Å². The van der Waals surface area contributed by atoms with E-state index in [1.54, 1.807) is 0 Å². The maximum absolute atomic E-state index is 3.43. The van der Waals surface area contributed by atoms with Crippen LogP contribution in [-0.2, 0) is 0 Å². The molecule has 1 fully saturated rings. The fourth-order valence-electron chi connectivity index (χ4n) is 1.95. The highest BCUT2D eigenvalue weighted by Gasteiger charge is 2.24. The van der Waals surface area contributed by atoms with Gasteiger partial charge in [0.05, 0.1) is 0 Å². The van der Waals surface area contributed by atoms with Gasteiger partial charge in [-0.05, 0) is 20.5 Å². The number of nitrogens with one attached hydrogen (secondary N) is 2. The first-order chi connectivity index (χ1) is 5.79. The number of nitrogens with zero attached hydrogens (tertiary/aromatic N) is 1. The number of rotatable bonds is 3. The van der Waals surface area contributed by atoms with Gasteiger partial charge >= 0.3 is 0 Å². The van der Waals surface area contributed by atoms with Crippen LogP contribution in [0.25, 0.3) is 0 Å². The molecular weight excluding hydrogens is 150 g/mol. The molecule has 0 aromatic rings. The van der Waals surface area contributed by atoms with Crippen LogP contribution in [0, 0.1) is 0 Å². The Morgan fingerprint density at radius 1 is 1.67 bits per heavy atom. The Hall–Kier alpha value is -0.120. The van der Waals surface area contributed by atoms with Crippen molar-refractivity contribution in [2.45, 2.75) is 25.4 Å². The van der Waals surface area contributed by atoms with E-state index in [-0.39, 0.29) is 0 Å². The SMILES string of the molecule is CCC(NC)C1CNCCN1C. The van der Waals surface area contributed by atoms with Gasteiger partial charge in [0.15, 0.2) is 0 Å². The molecule has 2 atom stereocenters. The molecule has 0 amide bonds. The molecule has 1 aliphatic rings. The standard InChI is InChI=1S/C9H21N3/c1-4-8(10-2)9-7-11-5-6-12(9)3/h8-11H,4-7H2,1-3H3. The first kappa shape index (κ1) is 9.96. The fourth-order valence-corrected chi connectivity index (χ4v) is 1.95. The van der Waals surface area contributed by atoms with Gasteiger partial charge in [0.2, 0.25) is 0 Å². The van der Waals surface area contributed by atoms with Crippen molar-refractivity contribution in [1.82, 2.24) is 15.5 Å². The van der Waals surface area contributed by atoms with Crippen LogP contribution in [0.3, 0.4) is 0 Å². The van der Waals surface area contributed by atoms with Gasteiger partial charge in [0, 0.05) is 31.7 Å². The Bertz CT molecular complexity index is 123. The van der Waals surface area contributed by atoms with Gasteiger partial charge in [-0.3, -0.25) is 4.90 Å². The van der Waals surface area contributed by atoms with Crippen molar-refractivity contribution >= 4 is 0 Å². The topological polar surface area (TPSA) is 27.3 Å². The summed E-state index contributed by atoms with van der Waals surface area (Å²) in [5, 5.41) is 6.80. The summed E-state index contributed by atoms with van der Waals surface area (Å²) in [6, 6.07) is 1.29. The summed E-state index contributed by atoms with van der Waals surface area (Å²) in [6.45, 7) is 5.66. The normalized spacial score (nSPS) is 28.8. The smallest absolute Gasteiger partial charge is 0.0371 e. The molecule has 12 heavy (non-hydrogen) atoms. The van der Waals surface area contributed by atoms with E-state index in [0.717, 1.165) is 13.1 Å². The largest absolute Gasteiger partial charge is 0.315 e. The van der Waals surface area contributed by atoms with Gasteiger partial charge in [-0.25, -0.2) is 0 Å². The van der Waals surface area contributed by atoms with E-state index in [2.05, 4.69) is 36.6 Å². The quantitative estimate of drug-likeness (QED) is 0.620. The third-order valence-electron chi connectivity index (χ3n) is 2.84. The Morgan fingerprint density at radius 3 is 2.92 bits per heavy atom. The summed E-state index contributed by atoms with van der Waals surface area (Å²) in [5.74, 6) is 0. The zero-order valence-corrected chi connectivity index (χ0v) is 8.43. The Balaban J connectivity index is 2.45. The van der Waals surface area contributed by atoms with Crippen molar-refractivity contribution < 1.29 is 0 Å². The predicted molar refractivity (Wildman–Crippen MR) is 52.4 cm³/mol. The summed E-state index contributed by atoms with van der Waals surface area (Å²) in [6.07, 6.45) is 1.20. The van der Waals surface area contributed by atoms with Crippen molar-refractivity contribution in [2.75, 3.05) is 33.7 Å². The molecule has 1 heterocycles. The molecule has 0 spiro atoms. The van der Waals surface area contributed by atoms with Crippen molar-refractivity contribution in [3.05, 3.63) is 0 Å². The van der Waals surface area contributed by atoms with Crippen LogP contribution >= 0.6 is 0 Å². The summed E-state index contributed by atoms with van der Waals surface area (Å²) in [5.41, 5.74) is 0. The number of piperazine rings is 1. The first-order valence-corrected chi connectivity index (χ1v) is 4.87. The summed E-state index contributed by atoms with van der Waals surface area (Å²) >= 11 is 0. The molecule has 72 valence electrons. The van der Waals surface area contributed by atoms with Gasteiger partial charge in [-0.1, -0.05) is 6.92 Å². The van der Waals surface area contributed by atoms with Crippen LogP contribution in [0.2, 0.25) is 0 Å². The maximum Gasteiger partial charge on any atom is 0.0371 e. The highest BCUT2D eigenvalue weighted by molar-refractivity contribution is 4.86.